The van der Waals surface area contributed by atoms with Gasteiger partial charge in [0.15, 0.2) is 9.84 Å². The lowest BCUT2D eigenvalue weighted by atomic mass is 10.1. The van der Waals surface area contributed by atoms with Crippen molar-refractivity contribution in [1.29, 1.82) is 0 Å². The van der Waals surface area contributed by atoms with Crippen LogP contribution in [0.2, 0.25) is 0 Å². The van der Waals surface area contributed by atoms with E-state index in [0.29, 0.717) is 17.7 Å². The summed E-state index contributed by atoms with van der Waals surface area (Å²) in [7, 11) is -3.18. The number of hydrazone groups is 1. The number of carbonyl (C=O) groups excluding carboxylic acids is 3. The molecule has 3 amide bonds. The van der Waals surface area contributed by atoms with E-state index in [2.05, 4.69) is 15.7 Å². The van der Waals surface area contributed by atoms with Gasteiger partial charge in [0.2, 0.25) is 5.91 Å². The van der Waals surface area contributed by atoms with Gasteiger partial charge in [-0.1, -0.05) is 12.1 Å². The van der Waals surface area contributed by atoms with E-state index in [0.717, 1.165) is 17.9 Å². The van der Waals surface area contributed by atoms with Gasteiger partial charge in [0.05, 0.1) is 28.8 Å². The van der Waals surface area contributed by atoms with Crippen molar-refractivity contribution in [2.45, 2.75) is 44.2 Å². The summed E-state index contributed by atoms with van der Waals surface area (Å²) in [6.07, 6.45) is 2.48. The zero-order valence-corrected chi connectivity index (χ0v) is 16.6. The fourth-order valence-electron chi connectivity index (χ4n) is 3.46. The summed E-state index contributed by atoms with van der Waals surface area (Å²) in [6.45, 7) is 0. The number of rotatable bonds is 5. The van der Waals surface area contributed by atoms with Gasteiger partial charge in [0, 0.05) is 18.9 Å². The van der Waals surface area contributed by atoms with Gasteiger partial charge in [0.25, 0.3) is 11.8 Å². The predicted molar refractivity (Wildman–Crippen MR) is 106 cm³/mol. The molecule has 1 saturated carbocycles. The first-order valence-electron chi connectivity index (χ1n) is 9.63. The van der Waals surface area contributed by atoms with E-state index < -0.39 is 21.8 Å². The van der Waals surface area contributed by atoms with Crippen molar-refractivity contribution in [1.82, 2.24) is 10.3 Å². The van der Waals surface area contributed by atoms with Crippen LogP contribution in [-0.4, -0.2) is 60.4 Å². The lowest BCUT2D eigenvalue weighted by molar-refractivity contribution is -0.133. The Labute approximate surface area is 168 Å². The molecule has 0 spiro atoms. The average molecular weight is 418 g/mol. The molecule has 1 aromatic rings. The normalized spacial score (nSPS) is 23.4. The standard InChI is InChI=1S/C19H22N4O5S/c24-17-8-7-16(22-23(17)13-9-10-29(27,28)11-13)19(26)21-15-4-2-1-3-14(15)18(25)20-12-5-6-12/h1-4,12-13H,5-11H2,(H,20,25)(H,21,26). The van der Waals surface area contributed by atoms with E-state index in [1.807, 2.05) is 0 Å². The summed E-state index contributed by atoms with van der Waals surface area (Å²) >= 11 is 0. The second kappa shape index (κ2) is 7.58. The molecule has 1 unspecified atom stereocenters. The largest absolute Gasteiger partial charge is 0.349 e. The molecule has 1 saturated heterocycles. The van der Waals surface area contributed by atoms with E-state index in [1.54, 1.807) is 24.3 Å². The van der Waals surface area contributed by atoms with Gasteiger partial charge in [0.1, 0.15) is 5.71 Å². The monoisotopic (exact) mass is 418 g/mol. The molecule has 3 aliphatic rings. The fraction of sp³-hybridized carbons (Fsp3) is 0.474. The number of nitrogens with zero attached hydrogens (tertiary/aromatic N) is 2. The number of para-hydroxylation sites is 1. The van der Waals surface area contributed by atoms with Gasteiger partial charge >= 0.3 is 0 Å². The molecule has 1 aliphatic carbocycles. The van der Waals surface area contributed by atoms with Crippen LogP contribution in [0.4, 0.5) is 5.69 Å². The number of sulfone groups is 1. The maximum absolute atomic E-state index is 12.7. The number of carbonyl (C=O) groups is 3. The fourth-order valence-corrected chi connectivity index (χ4v) is 5.16. The summed E-state index contributed by atoms with van der Waals surface area (Å²) in [5, 5.41) is 10.9. The third kappa shape index (κ3) is 4.47. The molecular formula is C19H22N4O5S. The Balaban J connectivity index is 1.50. The first-order chi connectivity index (χ1) is 13.8. The minimum atomic E-state index is -3.18. The van der Waals surface area contributed by atoms with Crippen LogP contribution < -0.4 is 10.6 Å². The molecule has 1 atom stereocenters. The molecule has 2 heterocycles. The Morgan fingerprint density at radius 1 is 1.07 bits per heavy atom. The molecule has 0 radical (unpaired) electrons. The zero-order valence-electron chi connectivity index (χ0n) is 15.8. The van der Waals surface area contributed by atoms with Crippen molar-refractivity contribution < 1.29 is 22.8 Å². The maximum Gasteiger partial charge on any atom is 0.271 e. The van der Waals surface area contributed by atoms with Crippen LogP contribution >= 0.6 is 0 Å². The van der Waals surface area contributed by atoms with Crippen LogP contribution in [0, 0.1) is 0 Å². The Morgan fingerprint density at radius 3 is 2.52 bits per heavy atom. The number of benzene rings is 1. The molecule has 29 heavy (non-hydrogen) atoms. The summed E-state index contributed by atoms with van der Waals surface area (Å²) in [5.74, 6) is -1.16. The third-order valence-corrected chi connectivity index (χ3v) is 6.96. The van der Waals surface area contributed by atoms with Crippen LogP contribution in [0.15, 0.2) is 29.4 Å². The predicted octanol–water partition coefficient (Wildman–Crippen LogP) is 0.683. The van der Waals surface area contributed by atoms with Gasteiger partial charge in [-0.25, -0.2) is 13.4 Å². The second-order valence-corrected chi connectivity index (χ2v) is 9.82. The highest BCUT2D eigenvalue weighted by atomic mass is 32.2. The van der Waals surface area contributed by atoms with Crippen molar-refractivity contribution in [2.24, 2.45) is 5.10 Å². The van der Waals surface area contributed by atoms with Gasteiger partial charge in [-0.3, -0.25) is 14.4 Å². The van der Waals surface area contributed by atoms with Crippen LogP contribution in [0.3, 0.4) is 0 Å². The molecule has 2 N–H and O–H groups in total. The third-order valence-electron chi connectivity index (χ3n) is 5.21. The SMILES string of the molecule is O=C(Nc1ccccc1C(=O)NC1CC1)C1=NN(C2CCS(=O)(=O)C2)C(=O)CC1. The molecule has 2 fully saturated rings. The Kier molecular flexibility index (Phi) is 5.12. The molecule has 2 aliphatic heterocycles. The highest BCUT2D eigenvalue weighted by molar-refractivity contribution is 7.91. The highest BCUT2D eigenvalue weighted by Crippen LogP contribution is 2.24. The van der Waals surface area contributed by atoms with Crippen LogP contribution in [-0.2, 0) is 19.4 Å². The summed E-state index contributed by atoms with van der Waals surface area (Å²) < 4.78 is 23.5. The van der Waals surface area contributed by atoms with E-state index in [1.165, 1.54) is 0 Å². The smallest absolute Gasteiger partial charge is 0.271 e. The Bertz CT molecular complexity index is 1000. The topological polar surface area (TPSA) is 125 Å². The first-order valence-corrected chi connectivity index (χ1v) is 11.5. The van der Waals surface area contributed by atoms with Gasteiger partial charge in [-0.2, -0.15) is 5.10 Å². The molecule has 1 aromatic carbocycles. The minimum Gasteiger partial charge on any atom is -0.349 e. The maximum atomic E-state index is 12.7. The van der Waals surface area contributed by atoms with Gasteiger partial charge in [-0.05, 0) is 31.4 Å². The number of nitrogens with one attached hydrogen (secondary N) is 2. The van der Waals surface area contributed by atoms with Crippen molar-refractivity contribution in [3.63, 3.8) is 0 Å². The van der Waals surface area contributed by atoms with Crippen LogP contribution in [0.5, 0.6) is 0 Å². The van der Waals surface area contributed by atoms with Crippen molar-refractivity contribution in [3.05, 3.63) is 29.8 Å². The molecule has 154 valence electrons. The lowest BCUT2D eigenvalue weighted by Gasteiger charge is -2.27. The minimum absolute atomic E-state index is 0.0159. The molecule has 9 nitrogen and oxygen atoms in total. The molecule has 0 aromatic heterocycles. The summed E-state index contributed by atoms with van der Waals surface area (Å²) in [6, 6.07) is 6.36. The van der Waals surface area contributed by atoms with E-state index in [-0.39, 0.29) is 47.9 Å². The van der Waals surface area contributed by atoms with Gasteiger partial charge < -0.3 is 10.6 Å². The lowest BCUT2D eigenvalue weighted by Crippen LogP contribution is -2.42. The van der Waals surface area contributed by atoms with E-state index in [9.17, 15) is 22.8 Å². The molecule has 10 heteroatoms. The summed E-state index contributed by atoms with van der Waals surface area (Å²) in [4.78, 5) is 37.4. The first kappa shape index (κ1) is 19.6. The molecule has 0 bridgehead atoms. The van der Waals surface area contributed by atoms with Crippen molar-refractivity contribution in [2.75, 3.05) is 16.8 Å². The highest BCUT2D eigenvalue weighted by Gasteiger charge is 2.37. The number of hydrogen-bond donors (Lipinski definition) is 2. The van der Waals surface area contributed by atoms with Crippen molar-refractivity contribution >= 4 is 39.0 Å². The zero-order chi connectivity index (χ0) is 20.6. The van der Waals surface area contributed by atoms with E-state index >= 15 is 0 Å². The van der Waals surface area contributed by atoms with E-state index in [4.69, 9.17) is 0 Å². The van der Waals surface area contributed by atoms with Crippen LogP contribution in [0.25, 0.3) is 0 Å². The Morgan fingerprint density at radius 2 is 1.83 bits per heavy atom. The number of hydrogen-bond acceptors (Lipinski definition) is 6. The number of amides is 3. The Hall–Kier alpha value is -2.75. The molecule has 4 rings (SSSR count). The molecular weight excluding hydrogens is 396 g/mol. The second-order valence-electron chi connectivity index (χ2n) is 7.59. The van der Waals surface area contributed by atoms with Gasteiger partial charge in [-0.15, -0.1) is 0 Å². The number of anilines is 1. The average Bonchev–Trinajstić information content (AvgIpc) is 3.42. The van der Waals surface area contributed by atoms with Crippen LogP contribution in [0.1, 0.15) is 42.5 Å². The van der Waals surface area contributed by atoms with Crippen molar-refractivity contribution in [3.8, 4) is 0 Å². The summed E-state index contributed by atoms with van der Waals surface area (Å²) in [5.41, 5.74) is 0.871. The quantitative estimate of drug-likeness (QED) is 0.728.